The third-order valence-corrected chi connectivity index (χ3v) is 4.54. The van der Waals surface area contributed by atoms with Crippen molar-refractivity contribution in [2.24, 2.45) is 7.05 Å². The molecule has 1 aliphatic carbocycles. The highest BCUT2D eigenvalue weighted by Gasteiger charge is 2.24. The van der Waals surface area contributed by atoms with E-state index in [0.717, 1.165) is 23.9 Å². The molecule has 19 heavy (non-hydrogen) atoms. The first kappa shape index (κ1) is 12.6. The summed E-state index contributed by atoms with van der Waals surface area (Å²) >= 11 is 1.43. The number of rotatable bonds is 5. The molecule has 2 aromatic heterocycles. The molecule has 0 unspecified atom stereocenters. The monoisotopic (exact) mass is 277 g/mol. The fourth-order valence-electron chi connectivity index (χ4n) is 2.39. The second-order valence-electron chi connectivity index (χ2n) is 5.02. The third-order valence-electron chi connectivity index (χ3n) is 3.83. The van der Waals surface area contributed by atoms with Crippen molar-refractivity contribution < 1.29 is 0 Å². The van der Waals surface area contributed by atoms with Gasteiger partial charge in [-0.1, -0.05) is 13.3 Å². The average molecular weight is 277 g/mol. The van der Waals surface area contributed by atoms with Gasteiger partial charge in [-0.25, -0.2) is 4.98 Å². The van der Waals surface area contributed by atoms with Crippen LogP contribution in [-0.4, -0.2) is 19.1 Å². The van der Waals surface area contributed by atoms with E-state index in [-0.39, 0.29) is 0 Å². The molecule has 1 fully saturated rings. The number of anilines is 1. The molecule has 0 bridgehead atoms. The molecule has 0 amide bonds. The second-order valence-corrected chi connectivity index (χ2v) is 5.77. The van der Waals surface area contributed by atoms with Crippen LogP contribution in [0.25, 0.3) is 0 Å². The Kier molecular flexibility index (Phi) is 3.50. The highest BCUT2D eigenvalue weighted by atomic mass is 32.1. The van der Waals surface area contributed by atoms with E-state index in [0.29, 0.717) is 5.92 Å². The van der Waals surface area contributed by atoms with E-state index < -0.39 is 0 Å². The largest absolute Gasteiger partial charge is 0.355 e. The Labute approximate surface area is 117 Å². The number of nitrogens with one attached hydrogen (secondary N) is 1. The van der Waals surface area contributed by atoms with Crippen LogP contribution in [0, 0.1) is 0 Å². The SMILES string of the molecule is CCc1nsc(NCc2c(C3CCC3)cnn2C)n1. The standard InChI is InChI=1S/C13H19N5S/c1-3-12-16-13(19-17-12)14-8-11-10(7-15-18(11)2)9-5-4-6-9/h7,9H,3-6,8H2,1-2H3,(H,14,16,17). The van der Waals surface area contributed by atoms with Gasteiger partial charge in [0.15, 0.2) is 0 Å². The summed E-state index contributed by atoms with van der Waals surface area (Å²) in [4.78, 5) is 4.43. The van der Waals surface area contributed by atoms with Crippen molar-refractivity contribution in [3.8, 4) is 0 Å². The normalized spacial score (nSPS) is 15.5. The van der Waals surface area contributed by atoms with Crippen LogP contribution >= 0.6 is 11.5 Å². The van der Waals surface area contributed by atoms with Crippen LogP contribution in [0.4, 0.5) is 5.13 Å². The molecule has 1 saturated carbocycles. The number of aromatic nitrogens is 4. The summed E-state index contributed by atoms with van der Waals surface area (Å²) in [6.45, 7) is 2.85. The van der Waals surface area contributed by atoms with Crippen LogP contribution in [0.1, 0.15) is 49.2 Å². The van der Waals surface area contributed by atoms with Gasteiger partial charge in [-0.3, -0.25) is 4.68 Å². The minimum atomic E-state index is 0.714. The summed E-state index contributed by atoms with van der Waals surface area (Å²) in [7, 11) is 2.01. The Bertz CT molecular complexity index is 555. The smallest absolute Gasteiger partial charge is 0.202 e. The third kappa shape index (κ3) is 2.49. The van der Waals surface area contributed by atoms with Gasteiger partial charge in [-0.2, -0.15) is 9.47 Å². The number of aryl methyl sites for hydroxylation is 2. The fourth-order valence-corrected chi connectivity index (χ4v) is 3.03. The van der Waals surface area contributed by atoms with E-state index in [9.17, 15) is 0 Å². The zero-order valence-corrected chi connectivity index (χ0v) is 12.2. The zero-order chi connectivity index (χ0) is 13.2. The van der Waals surface area contributed by atoms with Crippen molar-refractivity contribution in [3.05, 3.63) is 23.3 Å². The van der Waals surface area contributed by atoms with Crippen molar-refractivity contribution in [3.63, 3.8) is 0 Å². The first-order chi connectivity index (χ1) is 9.28. The van der Waals surface area contributed by atoms with Gasteiger partial charge >= 0.3 is 0 Å². The molecule has 102 valence electrons. The molecular weight excluding hydrogens is 258 g/mol. The second kappa shape index (κ2) is 5.28. The van der Waals surface area contributed by atoms with Gasteiger partial charge in [0.2, 0.25) is 5.13 Å². The molecule has 3 rings (SSSR count). The van der Waals surface area contributed by atoms with Crippen molar-refractivity contribution >= 4 is 16.7 Å². The zero-order valence-electron chi connectivity index (χ0n) is 11.4. The summed E-state index contributed by atoms with van der Waals surface area (Å²) in [6.07, 6.45) is 6.87. The van der Waals surface area contributed by atoms with Crippen molar-refractivity contribution in [1.29, 1.82) is 0 Å². The molecule has 0 aromatic carbocycles. The highest BCUT2D eigenvalue weighted by molar-refractivity contribution is 7.09. The van der Waals surface area contributed by atoms with E-state index in [1.165, 1.54) is 42.1 Å². The lowest BCUT2D eigenvalue weighted by Crippen LogP contribution is -2.13. The van der Waals surface area contributed by atoms with Gasteiger partial charge in [-0.15, -0.1) is 0 Å². The number of hydrogen-bond donors (Lipinski definition) is 1. The van der Waals surface area contributed by atoms with Crippen molar-refractivity contribution in [1.82, 2.24) is 19.1 Å². The van der Waals surface area contributed by atoms with E-state index in [4.69, 9.17) is 0 Å². The van der Waals surface area contributed by atoms with Gasteiger partial charge in [0, 0.05) is 25.0 Å². The van der Waals surface area contributed by atoms with Gasteiger partial charge < -0.3 is 5.32 Å². The quantitative estimate of drug-likeness (QED) is 0.913. The maximum atomic E-state index is 4.43. The van der Waals surface area contributed by atoms with Crippen LogP contribution in [0.15, 0.2) is 6.20 Å². The van der Waals surface area contributed by atoms with E-state index in [1.807, 2.05) is 17.9 Å². The lowest BCUT2D eigenvalue weighted by Gasteiger charge is -2.25. The molecule has 1 aliphatic rings. The van der Waals surface area contributed by atoms with Crippen LogP contribution in [0.2, 0.25) is 0 Å². The molecule has 2 aromatic rings. The molecule has 5 nitrogen and oxygen atoms in total. The molecule has 0 spiro atoms. The van der Waals surface area contributed by atoms with Crippen LogP contribution < -0.4 is 5.32 Å². The summed E-state index contributed by atoms with van der Waals surface area (Å²) in [6, 6.07) is 0. The minimum Gasteiger partial charge on any atom is -0.355 e. The van der Waals surface area contributed by atoms with Crippen LogP contribution in [0.5, 0.6) is 0 Å². The lowest BCUT2D eigenvalue weighted by atomic mass is 9.80. The summed E-state index contributed by atoms with van der Waals surface area (Å²) in [5.41, 5.74) is 2.68. The molecule has 2 heterocycles. The number of nitrogens with zero attached hydrogens (tertiary/aromatic N) is 4. The van der Waals surface area contributed by atoms with E-state index >= 15 is 0 Å². The van der Waals surface area contributed by atoms with Crippen LogP contribution in [0.3, 0.4) is 0 Å². The highest BCUT2D eigenvalue weighted by Crippen LogP contribution is 2.37. The first-order valence-electron chi connectivity index (χ1n) is 6.85. The van der Waals surface area contributed by atoms with E-state index in [2.05, 4.69) is 26.7 Å². The molecule has 0 atom stereocenters. The summed E-state index contributed by atoms with van der Waals surface area (Å²) < 4.78 is 6.26. The Balaban J connectivity index is 1.70. The molecule has 1 N–H and O–H groups in total. The van der Waals surface area contributed by atoms with Crippen molar-refractivity contribution in [2.45, 2.75) is 45.1 Å². The van der Waals surface area contributed by atoms with Gasteiger partial charge in [0.25, 0.3) is 0 Å². The predicted molar refractivity (Wildman–Crippen MR) is 76.4 cm³/mol. The first-order valence-corrected chi connectivity index (χ1v) is 7.62. The minimum absolute atomic E-state index is 0.714. The number of hydrogen-bond acceptors (Lipinski definition) is 5. The molecule has 0 radical (unpaired) electrons. The lowest BCUT2D eigenvalue weighted by molar-refractivity contribution is 0.417. The fraction of sp³-hybridized carbons (Fsp3) is 0.615. The molecule has 6 heteroatoms. The van der Waals surface area contributed by atoms with Gasteiger partial charge in [0.05, 0.1) is 18.4 Å². The maximum absolute atomic E-state index is 4.43. The maximum Gasteiger partial charge on any atom is 0.202 e. The Morgan fingerprint density at radius 2 is 2.32 bits per heavy atom. The Hall–Kier alpha value is -1.43. The van der Waals surface area contributed by atoms with Gasteiger partial charge in [-0.05, 0) is 24.3 Å². The molecule has 0 aliphatic heterocycles. The van der Waals surface area contributed by atoms with Gasteiger partial charge in [0.1, 0.15) is 5.82 Å². The predicted octanol–water partition coefficient (Wildman–Crippen LogP) is 2.71. The van der Waals surface area contributed by atoms with E-state index in [1.54, 1.807) is 0 Å². The topological polar surface area (TPSA) is 55.6 Å². The Morgan fingerprint density at radius 1 is 1.47 bits per heavy atom. The Morgan fingerprint density at radius 3 is 2.95 bits per heavy atom. The van der Waals surface area contributed by atoms with Crippen molar-refractivity contribution in [2.75, 3.05) is 5.32 Å². The summed E-state index contributed by atoms with van der Waals surface area (Å²) in [5.74, 6) is 1.63. The average Bonchev–Trinajstić information content (AvgIpc) is 2.93. The molecule has 0 saturated heterocycles. The summed E-state index contributed by atoms with van der Waals surface area (Å²) in [5, 5.41) is 8.67. The van der Waals surface area contributed by atoms with Crippen LogP contribution in [-0.2, 0) is 20.0 Å². The molecular formula is C13H19N5S.